The minimum atomic E-state index is -1.01. The van der Waals surface area contributed by atoms with Gasteiger partial charge in [0, 0.05) is 25.7 Å². The van der Waals surface area contributed by atoms with Crippen molar-refractivity contribution in [2.24, 2.45) is 0 Å². The molecule has 1 heterocycles. The lowest BCUT2D eigenvalue weighted by molar-refractivity contribution is -0.122. The van der Waals surface area contributed by atoms with E-state index in [1.807, 2.05) is 17.0 Å². The van der Waals surface area contributed by atoms with Crippen LogP contribution in [0.5, 0.6) is 0 Å². The summed E-state index contributed by atoms with van der Waals surface area (Å²) in [7, 11) is 0. The van der Waals surface area contributed by atoms with Crippen molar-refractivity contribution in [1.82, 2.24) is 10.2 Å². The topological polar surface area (TPSA) is 102 Å². The summed E-state index contributed by atoms with van der Waals surface area (Å²) in [6.45, 7) is 3.26. The molecule has 0 aliphatic carbocycles. The van der Waals surface area contributed by atoms with Crippen LogP contribution < -0.4 is 10.6 Å². The van der Waals surface area contributed by atoms with Gasteiger partial charge in [-0.15, -0.1) is 0 Å². The Hall–Kier alpha value is -1.96. The van der Waals surface area contributed by atoms with Gasteiger partial charge in [0.2, 0.25) is 11.8 Å². The van der Waals surface area contributed by atoms with Gasteiger partial charge >= 0.3 is 0 Å². The molecule has 1 saturated heterocycles. The number of aliphatic hydroxyl groups excluding tert-OH is 1. The molecule has 1 aliphatic heterocycles. The Morgan fingerprint density at radius 1 is 1.20 bits per heavy atom. The number of nitrogens with zero attached hydrogens (tertiary/aromatic N) is 1. The third kappa shape index (κ3) is 6.45. The maximum atomic E-state index is 12.1. The summed E-state index contributed by atoms with van der Waals surface area (Å²) in [5.41, 5.74) is 0.664. The second kappa shape index (κ2) is 8.94. The highest BCUT2D eigenvalue weighted by molar-refractivity contribution is 5.88. The molecule has 1 aromatic carbocycles. The molecule has 4 N–H and O–H groups in total. The van der Waals surface area contributed by atoms with Crippen LogP contribution in [0, 0.1) is 0 Å². The first kappa shape index (κ1) is 19.4. The van der Waals surface area contributed by atoms with E-state index in [2.05, 4.69) is 10.6 Å². The zero-order valence-corrected chi connectivity index (χ0v) is 14.6. The summed E-state index contributed by atoms with van der Waals surface area (Å²) < 4.78 is 0. The molecule has 0 unspecified atom stereocenters. The molecular weight excluding hydrogens is 322 g/mol. The highest BCUT2D eigenvalue weighted by Crippen LogP contribution is 2.21. The lowest BCUT2D eigenvalue weighted by atomic mass is 9.96. The van der Waals surface area contributed by atoms with Crippen LogP contribution in [0.15, 0.2) is 24.3 Å². The minimum absolute atomic E-state index is 0.0691. The molecular formula is C18H27N3O4. The van der Waals surface area contributed by atoms with Crippen molar-refractivity contribution in [2.75, 3.05) is 31.6 Å². The van der Waals surface area contributed by atoms with Crippen LogP contribution >= 0.6 is 0 Å². The van der Waals surface area contributed by atoms with E-state index in [0.717, 1.165) is 24.2 Å². The first-order chi connectivity index (χ1) is 11.9. The van der Waals surface area contributed by atoms with Crippen LogP contribution in [0.2, 0.25) is 0 Å². The van der Waals surface area contributed by atoms with E-state index in [1.54, 1.807) is 12.1 Å². The van der Waals surface area contributed by atoms with Gasteiger partial charge < -0.3 is 20.8 Å². The Morgan fingerprint density at radius 3 is 2.56 bits per heavy atom. The summed E-state index contributed by atoms with van der Waals surface area (Å²) in [5, 5.41) is 25.0. The van der Waals surface area contributed by atoms with E-state index in [0.29, 0.717) is 25.9 Å². The summed E-state index contributed by atoms with van der Waals surface area (Å²) in [4.78, 5) is 25.1. The molecule has 0 saturated carbocycles. The van der Waals surface area contributed by atoms with Crippen molar-refractivity contribution < 1.29 is 19.8 Å². The quantitative estimate of drug-likeness (QED) is 0.598. The van der Waals surface area contributed by atoms with Gasteiger partial charge in [-0.05, 0) is 43.5 Å². The fourth-order valence-electron chi connectivity index (χ4n) is 2.92. The number of rotatable bonds is 6. The van der Waals surface area contributed by atoms with Crippen LogP contribution in [0.4, 0.5) is 5.69 Å². The monoisotopic (exact) mass is 349 g/mol. The van der Waals surface area contributed by atoms with E-state index < -0.39 is 5.60 Å². The molecule has 25 heavy (non-hydrogen) atoms. The molecule has 0 aromatic heterocycles. The highest BCUT2D eigenvalue weighted by atomic mass is 16.3. The summed E-state index contributed by atoms with van der Waals surface area (Å²) in [6.07, 6.45) is 1.79. The predicted octanol–water partition coefficient (Wildman–Crippen LogP) is 0.471. The fraction of sp³-hybridized carbons (Fsp3) is 0.556. The maximum absolute atomic E-state index is 12.1. The van der Waals surface area contributed by atoms with Gasteiger partial charge in [0.15, 0.2) is 0 Å². The largest absolute Gasteiger partial charge is 0.393 e. The standard InChI is InChI=1S/C18H27N3O4/c1-14(23)20-16-5-3-15(4-6-16)11-19-17(24)12-21-9-2-7-18(25,13-22)8-10-21/h3-6,22,25H,2,7-13H2,1H3,(H,19,24)(H,20,23)/t18-/m1/s1. The molecule has 1 aliphatic rings. The minimum Gasteiger partial charge on any atom is -0.393 e. The number of benzene rings is 1. The number of carbonyl (C=O) groups is 2. The van der Waals surface area contributed by atoms with Crippen LogP contribution in [0.1, 0.15) is 31.7 Å². The Labute approximate surface area is 148 Å². The van der Waals surface area contributed by atoms with E-state index in [1.165, 1.54) is 6.92 Å². The van der Waals surface area contributed by atoms with Crippen LogP contribution in [0.3, 0.4) is 0 Å². The van der Waals surface area contributed by atoms with E-state index >= 15 is 0 Å². The summed E-state index contributed by atoms with van der Waals surface area (Å²) in [6, 6.07) is 7.32. The van der Waals surface area contributed by atoms with Gasteiger partial charge in [-0.2, -0.15) is 0 Å². The molecule has 1 aromatic rings. The highest BCUT2D eigenvalue weighted by Gasteiger charge is 2.29. The van der Waals surface area contributed by atoms with Crippen LogP contribution in [-0.2, 0) is 16.1 Å². The van der Waals surface area contributed by atoms with Crippen molar-refractivity contribution >= 4 is 17.5 Å². The molecule has 2 rings (SSSR count). The Bertz CT molecular complexity index is 590. The predicted molar refractivity (Wildman–Crippen MR) is 94.9 cm³/mol. The lowest BCUT2D eigenvalue weighted by Gasteiger charge is -2.24. The smallest absolute Gasteiger partial charge is 0.234 e. The van der Waals surface area contributed by atoms with Crippen molar-refractivity contribution in [3.05, 3.63) is 29.8 Å². The van der Waals surface area contributed by atoms with Gasteiger partial charge in [-0.3, -0.25) is 14.5 Å². The first-order valence-corrected chi connectivity index (χ1v) is 8.59. The summed E-state index contributed by atoms with van der Waals surface area (Å²) in [5.74, 6) is -0.188. The number of nitrogens with one attached hydrogen (secondary N) is 2. The number of amides is 2. The van der Waals surface area contributed by atoms with Gasteiger partial charge in [-0.1, -0.05) is 12.1 Å². The van der Waals surface area contributed by atoms with Gasteiger partial charge in [-0.25, -0.2) is 0 Å². The number of hydrogen-bond acceptors (Lipinski definition) is 5. The second-order valence-electron chi connectivity index (χ2n) is 6.67. The van der Waals surface area contributed by atoms with E-state index in [-0.39, 0.29) is 25.0 Å². The Kier molecular flexibility index (Phi) is 6.92. The zero-order chi connectivity index (χ0) is 18.3. The number of carbonyl (C=O) groups excluding carboxylic acids is 2. The SMILES string of the molecule is CC(=O)Nc1ccc(CNC(=O)CN2CCC[C@](O)(CO)CC2)cc1. The number of aliphatic hydroxyl groups is 2. The third-order valence-corrected chi connectivity index (χ3v) is 4.44. The van der Waals surface area contributed by atoms with Crippen molar-refractivity contribution in [1.29, 1.82) is 0 Å². The van der Waals surface area contributed by atoms with Crippen molar-refractivity contribution in [2.45, 2.75) is 38.3 Å². The first-order valence-electron chi connectivity index (χ1n) is 8.59. The molecule has 1 atom stereocenters. The Balaban J connectivity index is 1.76. The normalized spacial score (nSPS) is 21.4. The van der Waals surface area contributed by atoms with Crippen molar-refractivity contribution in [3.8, 4) is 0 Å². The second-order valence-corrected chi connectivity index (χ2v) is 6.67. The average Bonchev–Trinajstić information content (AvgIpc) is 2.76. The van der Waals surface area contributed by atoms with Gasteiger partial charge in [0.1, 0.15) is 0 Å². The third-order valence-electron chi connectivity index (χ3n) is 4.44. The zero-order valence-electron chi connectivity index (χ0n) is 14.6. The molecule has 7 nitrogen and oxygen atoms in total. The molecule has 0 spiro atoms. The van der Waals surface area contributed by atoms with Gasteiger partial charge in [0.25, 0.3) is 0 Å². The Morgan fingerprint density at radius 2 is 1.92 bits per heavy atom. The lowest BCUT2D eigenvalue weighted by Crippen LogP contribution is -2.39. The van der Waals surface area contributed by atoms with Crippen LogP contribution in [0.25, 0.3) is 0 Å². The molecule has 0 bridgehead atoms. The maximum Gasteiger partial charge on any atom is 0.234 e. The van der Waals surface area contributed by atoms with E-state index in [4.69, 9.17) is 0 Å². The summed E-state index contributed by atoms with van der Waals surface area (Å²) >= 11 is 0. The molecule has 0 radical (unpaired) electrons. The number of likely N-dealkylation sites (tertiary alicyclic amines) is 1. The average molecular weight is 349 g/mol. The number of hydrogen-bond donors (Lipinski definition) is 4. The fourth-order valence-corrected chi connectivity index (χ4v) is 2.92. The molecule has 2 amide bonds. The van der Waals surface area contributed by atoms with Crippen LogP contribution in [-0.4, -0.2) is 58.8 Å². The van der Waals surface area contributed by atoms with Gasteiger partial charge in [0.05, 0.1) is 18.8 Å². The molecule has 1 fully saturated rings. The number of anilines is 1. The van der Waals surface area contributed by atoms with E-state index in [9.17, 15) is 19.8 Å². The molecule has 7 heteroatoms. The van der Waals surface area contributed by atoms with Crippen molar-refractivity contribution in [3.63, 3.8) is 0 Å². The molecule has 138 valence electrons.